The van der Waals surface area contributed by atoms with E-state index in [1.807, 2.05) is 0 Å². The minimum Gasteiger partial charge on any atom is -0.396 e. The summed E-state index contributed by atoms with van der Waals surface area (Å²) in [5, 5.41) is 19.7. The topological polar surface area (TPSA) is 61.8 Å². The fraction of sp³-hybridized carbons (Fsp3) is 0.800. The molecule has 1 heterocycles. The van der Waals surface area contributed by atoms with Gasteiger partial charge in [-0.05, 0) is 6.42 Å². The maximum atomic E-state index is 8.88. The number of hydrogen-bond acceptors (Lipinski definition) is 3. The van der Waals surface area contributed by atoms with Gasteiger partial charge in [-0.2, -0.15) is 15.4 Å². The van der Waals surface area contributed by atoms with E-state index in [0.717, 1.165) is 24.2 Å². The number of aromatic amines is 1. The third-order valence-corrected chi connectivity index (χ3v) is 2.48. The molecule has 4 heteroatoms. The lowest BCUT2D eigenvalue weighted by Gasteiger charge is -2.22. The minimum atomic E-state index is 0.0479. The smallest absolute Gasteiger partial charge is 0.0913 e. The van der Waals surface area contributed by atoms with Crippen LogP contribution in [0.25, 0.3) is 0 Å². The minimum absolute atomic E-state index is 0.0479. The van der Waals surface area contributed by atoms with Crippen molar-refractivity contribution in [2.24, 2.45) is 0 Å². The van der Waals surface area contributed by atoms with Gasteiger partial charge in [-0.3, -0.25) is 0 Å². The molecule has 14 heavy (non-hydrogen) atoms. The highest BCUT2D eigenvalue weighted by atomic mass is 16.3. The number of nitrogens with zero attached hydrogens (tertiary/aromatic N) is 2. The molecule has 2 N–H and O–H groups in total. The van der Waals surface area contributed by atoms with E-state index < -0.39 is 0 Å². The normalized spacial score (nSPS) is 12.0. The predicted octanol–water partition coefficient (Wildman–Crippen LogP) is 1.42. The summed E-state index contributed by atoms with van der Waals surface area (Å²) in [5.41, 5.74) is 1.94. The first-order chi connectivity index (χ1) is 6.61. The van der Waals surface area contributed by atoms with Crippen LogP contribution in [0.4, 0.5) is 0 Å². The lowest BCUT2D eigenvalue weighted by Crippen LogP contribution is -2.19. The third-order valence-electron chi connectivity index (χ3n) is 2.48. The second kappa shape index (κ2) is 4.55. The molecule has 0 radical (unpaired) electrons. The Labute approximate surface area is 84.7 Å². The van der Waals surface area contributed by atoms with E-state index in [4.69, 9.17) is 5.11 Å². The summed E-state index contributed by atoms with van der Waals surface area (Å²) in [6.45, 7) is 6.61. The van der Waals surface area contributed by atoms with Crippen molar-refractivity contribution in [1.82, 2.24) is 15.4 Å². The quantitative estimate of drug-likeness (QED) is 0.750. The first kappa shape index (κ1) is 11.2. The Morgan fingerprint density at radius 3 is 2.64 bits per heavy atom. The van der Waals surface area contributed by atoms with E-state index >= 15 is 0 Å². The highest BCUT2D eigenvalue weighted by Crippen LogP contribution is 2.28. The van der Waals surface area contributed by atoms with Crippen LogP contribution in [0.1, 0.15) is 45.0 Å². The number of aromatic nitrogens is 3. The molecule has 0 aliphatic carbocycles. The molecule has 0 amide bonds. The maximum absolute atomic E-state index is 8.88. The van der Waals surface area contributed by atoms with Crippen LogP contribution in [0, 0.1) is 0 Å². The van der Waals surface area contributed by atoms with Gasteiger partial charge < -0.3 is 5.11 Å². The van der Waals surface area contributed by atoms with E-state index in [0.29, 0.717) is 6.42 Å². The van der Waals surface area contributed by atoms with E-state index in [9.17, 15) is 0 Å². The summed E-state index contributed by atoms with van der Waals surface area (Å²) >= 11 is 0. The molecule has 0 aliphatic rings. The first-order valence-electron chi connectivity index (χ1n) is 5.12. The molecule has 0 bridgehead atoms. The second-order valence-electron chi connectivity index (χ2n) is 4.23. The molecular weight excluding hydrogens is 178 g/mol. The van der Waals surface area contributed by atoms with Crippen molar-refractivity contribution in [2.75, 3.05) is 6.61 Å². The van der Waals surface area contributed by atoms with Crippen LogP contribution in [0.15, 0.2) is 0 Å². The van der Waals surface area contributed by atoms with Crippen LogP contribution >= 0.6 is 0 Å². The summed E-state index contributed by atoms with van der Waals surface area (Å²) in [6, 6.07) is 0. The Morgan fingerprint density at radius 1 is 1.36 bits per heavy atom. The van der Waals surface area contributed by atoms with E-state index in [-0.39, 0.29) is 12.0 Å². The van der Waals surface area contributed by atoms with Crippen molar-refractivity contribution in [2.45, 2.75) is 45.4 Å². The Balaban J connectivity index is 2.87. The highest BCUT2D eigenvalue weighted by molar-refractivity contribution is 5.18. The Morgan fingerprint density at radius 2 is 2.07 bits per heavy atom. The lowest BCUT2D eigenvalue weighted by molar-refractivity contribution is 0.296. The molecule has 0 saturated heterocycles. The largest absolute Gasteiger partial charge is 0.396 e. The van der Waals surface area contributed by atoms with Gasteiger partial charge in [-0.1, -0.05) is 27.2 Å². The van der Waals surface area contributed by atoms with Gasteiger partial charge in [0.1, 0.15) is 0 Å². The summed E-state index contributed by atoms with van der Waals surface area (Å²) in [4.78, 5) is 0. The predicted molar refractivity (Wildman–Crippen MR) is 55.1 cm³/mol. The molecule has 0 aromatic carbocycles. The van der Waals surface area contributed by atoms with Crippen molar-refractivity contribution in [3.63, 3.8) is 0 Å². The zero-order valence-corrected chi connectivity index (χ0v) is 9.17. The number of H-pyrrole nitrogens is 1. The van der Waals surface area contributed by atoms with Crippen LogP contribution in [-0.4, -0.2) is 27.1 Å². The molecule has 0 saturated carbocycles. The Bertz CT molecular complexity index is 281. The van der Waals surface area contributed by atoms with Crippen molar-refractivity contribution in [3.8, 4) is 0 Å². The van der Waals surface area contributed by atoms with Gasteiger partial charge in [0.05, 0.1) is 11.4 Å². The number of nitrogens with one attached hydrogen (secondary N) is 1. The summed E-state index contributed by atoms with van der Waals surface area (Å²) in [7, 11) is 0. The van der Waals surface area contributed by atoms with Crippen molar-refractivity contribution in [1.29, 1.82) is 0 Å². The lowest BCUT2D eigenvalue weighted by atomic mass is 9.83. The molecule has 1 aromatic rings. The third kappa shape index (κ3) is 2.32. The molecule has 0 fully saturated rings. The van der Waals surface area contributed by atoms with Crippen LogP contribution in [0.2, 0.25) is 0 Å². The molecule has 1 rings (SSSR count). The zero-order chi connectivity index (χ0) is 10.6. The van der Waals surface area contributed by atoms with Crippen molar-refractivity contribution >= 4 is 0 Å². The summed E-state index contributed by atoms with van der Waals surface area (Å²) < 4.78 is 0. The van der Waals surface area contributed by atoms with E-state index in [1.165, 1.54) is 0 Å². The van der Waals surface area contributed by atoms with E-state index in [1.54, 1.807) is 0 Å². The Kier molecular flexibility index (Phi) is 3.63. The fourth-order valence-corrected chi connectivity index (χ4v) is 1.82. The van der Waals surface area contributed by atoms with Gasteiger partial charge in [-0.15, -0.1) is 0 Å². The molecule has 1 aromatic heterocycles. The molecular formula is C10H19N3O. The van der Waals surface area contributed by atoms with Gasteiger partial charge >= 0.3 is 0 Å². The SMILES string of the molecule is CCCC(C)(C)c1n[nH]nc1CCO. The average molecular weight is 197 g/mol. The number of aliphatic hydroxyl groups is 1. The number of hydrogen-bond donors (Lipinski definition) is 2. The van der Waals surface area contributed by atoms with Crippen LogP contribution in [0.5, 0.6) is 0 Å². The first-order valence-corrected chi connectivity index (χ1v) is 5.12. The maximum Gasteiger partial charge on any atom is 0.0913 e. The second-order valence-corrected chi connectivity index (χ2v) is 4.23. The molecule has 0 atom stereocenters. The van der Waals surface area contributed by atoms with Gasteiger partial charge in [0.25, 0.3) is 0 Å². The Hall–Kier alpha value is -0.900. The molecule has 0 unspecified atom stereocenters. The van der Waals surface area contributed by atoms with Crippen LogP contribution in [0.3, 0.4) is 0 Å². The number of rotatable bonds is 5. The van der Waals surface area contributed by atoms with Gasteiger partial charge in [0, 0.05) is 18.4 Å². The zero-order valence-electron chi connectivity index (χ0n) is 9.17. The summed E-state index contributed by atoms with van der Waals surface area (Å²) in [5.74, 6) is 0. The van der Waals surface area contributed by atoms with Crippen LogP contribution < -0.4 is 0 Å². The van der Waals surface area contributed by atoms with Gasteiger partial charge in [0.15, 0.2) is 0 Å². The van der Waals surface area contributed by atoms with Gasteiger partial charge in [-0.25, -0.2) is 0 Å². The van der Waals surface area contributed by atoms with Crippen molar-refractivity contribution < 1.29 is 5.11 Å². The average Bonchev–Trinajstić information content (AvgIpc) is 2.53. The fourth-order valence-electron chi connectivity index (χ4n) is 1.82. The highest BCUT2D eigenvalue weighted by Gasteiger charge is 2.25. The summed E-state index contributed by atoms with van der Waals surface area (Å²) in [6.07, 6.45) is 2.79. The standard InChI is InChI=1S/C10H19N3O/c1-4-6-10(2,3)9-8(5-7-14)11-13-12-9/h14H,4-7H2,1-3H3,(H,11,12,13). The van der Waals surface area contributed by atoms with E-state index in [2.05, 4.69) is 36.2 Å². The molecule has 0 aliphatic heterocycles. The molecule has 80 valence electrons. The van der Waals surface area contributed by atoms with Gasteiger partial charge in [0.2, 0.25) is 0 Å². The van der Waals surface area contributed by atoms with Crippen LogP contribution in [-0.2, 0) is 11.8 Å². The number of aliphatic hydroxyl groups excluding tert-OH is 1. The monoisotopic (exact) mass is 197 g/mol. The molecule has 4 nitrogen and oxygen atoms in total. The molecule has 0 spiro atoms. The van der Waals surface area contributed by atoms with Crippen molar-refractivity contribution in [3.05, 3.63) is 11.4 Å².